The van der Waals surface area contributed by atoms with Gasteiger partial charge in [-0.25, -0.2) is 0 Å². The summed E-state index contributed by atoms with van der Waals surface area (Å²) in [6.45, 7) is 6.58. The van der Waals surface area contributed by atoms with Crippen molar-refractivity contribution >= 4 is 17.9 Å². The fourth-order valence-electron chi connectivity index (χ4n) is 9.51. The van der Waals surface area contributed by atoms with Crippen molar-refractivity contribution in [2.75, 3.05) is 13.2 Å². The Balaban J connectivity index is 4.33. The van der Waals surface area contributed by atoms with Crippen LogP contribution in [0.15, 0.2) is 48.6 Å². The molecule has 0 N–H and O–H groups in total. The zero-order valence-electron chi connectivity index (χ0n) is 48.9. The normalized spacial score (nSPS) is 12.3. The predicted octanol–water partition coefficient (Wildman–Crippen LogP) is 21.8. The third-order valence-electron chi connectivity index (χ3n) is 14.3. The number of rotatable bonds is 59. The highest BCUT2D eigenvalue weighted by Crippen LogP contribution is 2.17. The summed E-state index contributed by atoms with van der Waals surface area (Å²) in [6, 6.07) is 0. The number of carbonyl (C=O) groups excluding carboxylic acids is 3. The molecule has 0 aliphatic carbocycles. The monoisotopic (exact) mass is 1020 g/mol. The van der Waals surface area contributed by atoms with Gasteiger partial charge in [0.05, 0.1) is 0 Å². The first kappa shape index (κ1) is 70.4. The number of hydrogen-bond donors (Lipinski definition) is 0. The molecule has 0 amide bonds. The third-order valence-corrected chi connectivity index (χ3v) is 14.3. The summed E-state index contributed by atoms with van der Waals surface area (Å²) in [5, 5.41) is 0. The van der Waals surface area contributed by atoms with Gasteiger partial charge in [-0.2, -0.15) is 0 Å². The molecule has 0 heterocycles. The number of allylic oxidation sites excluding steroid dienone is 8. The lowest BCUT2D eigenvalue weighted by molar-refractivity contribution is -0.167. The van der Waals surface area contributed by atoms with Gasteiger partial charge >= 0.3 is 17.9 Å². The van der Waals surface area contributed by atoms with Gasteiger partial charge in [-0.1, -0.05) is 294 Å². The fraction of sp³-hybridized carbons (Fsp3) is 0.836. The smallest absolute Gasteiger partial charge is 0.306 e. The molecule has 0 saturated carbocycles. The summed E-state index contributed by atoms with van der Waals surface area (Å²) >= 11 is 0. The molecule has 0 aromatic rings. The van der Waals surface area contributed by atoms with Crippen LogP contribution < -0.4 is 0 Å². The zero-order valence-corrected chi connectivity index (χ0v) is 48.9. The van der Waals surface area contributed by atoms with Crippen molar-refractivity contribution in [1.29, 1.82) is 0 Å². The van der Waals surface area contributed by atoms with E-state index in [1.807, 2.05) is 0 Å². The molecule has 6 heteroatoms. The number of esters is 3. The summed E-state index contributed by atoms with van der Waals surface area (Å²) in [5.41, 5.74) is 0. The van der Waals surface area contributed by atoms with Crippen LogP contribution in [0.2, 0.25) is 0 Å². The fourth-order valence-corrected chi connectivity index (χ4v) is 9.51. The first-order valence-electron chi connectivity index (χ1n) is 32.1. The highest BCUT2D eigenvalue weighted by molar-refractivity contribution is 5.71. The Morgan fingerprint density at radius 2 is 0.534 bits per heavy atom. The number of hydrogen-bond acceptors (Lipinski definition) is 6. The number of carbonyl (C=O) groups is 3. The van der Waals surface area contributed by atoms with Gasteiger partial charge in [-0.15, -0.1) is 0 Å². The first-order chi connectivity index (χ1) is 36.0. The SMILES string of the molecule is CC/C=C\C/C=C\C/C=C\CCCCCCCCCC(=O)OC(COC(=O)CCCCCCCCCCC/C=C\CCCCCCCCCC)COC(=O)CCCCCCCCCCCCCCCCCCC. The van der Waals surface area contributed by atoms with E-state index in [1.165, 1.54) is 218 Å². The second-order valence-electron chi connectivity index (χ2n) is 21.6. The van der Waals surface area contributed by atoms with Crippen LogP contribution in [0.25, 0.3) is 0 Å². The molecule has 0 aliphatic rings. The van der Waals surface area contributed by atoms with Gasteiger partial charge in [0.15, 0.2) is 6.10 Å². The third kappa shape index (κ3) is 60.1. The molecule has 0 aromatic heterocycles. The van der Waals surface area contributed by atoms with Crippen molar-refractivity contribution in [3.05, 3.63) is 48.6 Å². The average Bonchev–Trinajstić information content (AvgIpc) is 3.39. The summed E-state index contributed by atoms with van der Waals surface area (Å²) in [6.07, 6.45) is 76.8. The molecule has 0 fully saturated rings. The highest BCUT2D eigenvalue weighted by atomic mass is 16.6. The van der Waals surface area contributed by atoms with Gasteiger partial charge in [0.25, 0.3) is 0 Å². The lowest BCUT2D eigenvalue weighted by Gasteiger charge is -2.18. The molecule has 0 aliphatic heterocycles. The van der Waals surface area contributed by atoms with E-state index in [-0.39, 0.29) is 31.1 Å². The Hall–Kier alpha value is -2.63. The van der Waals surface area contributed by atoms with Crippen molar-refractivity contribution in [2.45, 2.75) is 348 Å². The van der Waals surface area contributed by atoms with Crippen LogP contribution in [0, 0.1) is 0 Å². The largest absolute Gasteiger partial charge is 0.462 e. The van der Waals surface area contributed by atoms with E-state index in [0.29, 0.717) is 19.3 Å². The van der Waals surface area contributed by atoms with Gasteiger partial charge in [-0.3, -0.25) is 14.4 Å². The van der Waals surface area contributed by atoms with Crippen molar-refractivity contribution in [3.8, 4) is 0 Å². The predicted molar refractivity (Wildman–Crippen MR) is 316 cm³/mol. The number of unbranched alkanes of at least 4 members (excludes halogenated alkanes) is 40. The lowest BCUT2D eigenvalue weighted by atomic mass is 10.0. The van der Waals surface area contributed by atoms with E-state index in [1.54, 1.807) is 0 Å². The molecule has 0 aromatic carbocycles. The Morgan fingerprint density at radius 1 is 0.288 bits per heavy atom. The highest BCUT2D eigenvalue weighted by Gasteiger charge is 2.19. The molecule has 426 valence electrons. The van der Waals surface area contributed by atoms with Crippen LogP contribution in [0.1, 0.15) is 342 Å². The maximum Gasteiger partial charge on any atom is 0.306 e. The van der Waals surface area contributed by atoms with Crippen molar-refractivity contribution in [1.82, 2.24) is 0 Å². The van der Waals surface area contributed by atoms with Crippen LogP contribution in [0.3, 0.4) is 0 Å². The van der Waals surface area contributed by atoms with Crippen LogP contribution >= 0.6 is 0 Å². The summed E-state index contributed by atoms with van der Waals surface area (Å²) in [5.74, 6) is -0.864. The molecule has 1 atom stereocenters. The van der Waals surface area contributed by atoms with Crippen molar-refractivity contribution in [2.24, 2.45) is 0 Å². The van der Waals surface area contributed by atoms with Crippen molar-refractivity contribution in [3.63, 3.8) is 0 Å². The second-order valence-corrected chi connectivity index (χ2v) is 21.6. The summed E-state index contributed by atoms with van der Waals surface area (Å²) in [7, 11) is 0. The minimum Gasteiger partial charge on any atom is -0.462 e. The maximum atomic E-state index is 12.9. The van der Waals surface area contributed by atoms with Crippen LogP contribution in [-0.4, -0.2) is 37.2 Å². The second kappa shape index (κ2) is 61.9. The Kier molecular flexibility index (Phi) is 59.7. The lowest BCUT2D eigenvalue weighted by Crippen LogP contribution is -2.30. The van der Waals surface area contributed by atoms with E-state index in [9.17, 15) is 14.4 Å². The van der Waals surface area contributed by atoms with Gasteiger partial charge in [0.1, 0.15) is 13.2 Å². The molecule has 0 spiro atoms. The Labute approximate surface area is 454 Å². The minimum atomic E-state index is -0.778. The molecule has 6 nitrogen and oxygen atoms in total. The zero-order chi connectivity index (χ0) is 52.9. The van der Waals surface area contributed by atoms with E-state index in [2.05, 4.69) is 69.4 Å². The van der Waals surface area contributed by atoms with Gasteiger partial charge < -0.3 is 14.2 Å². The van der Waals surface area contributed by atoms with Crippen molar-refractivity contribution < 1.29 is 28.6 Å². The summed E-state index contributed by atoms with van der Waals surface area (Å²) in [4.78, 5) is 38.3. The van der Waals surface area contributed by atoms with Crippen LogP contribution in [0.4, 0.5) is 0 Å². The van der Waals surface area contributed by atoms with Gasteiger partial charge in [0.2, 0.25) is 0 Å². The van der Waals surface area contributed by atoms with Gasteiger partial charge in [-0.05, 0) is 77.0 Å². The maximum absolute atomic E-state index is 12.9. The molecule has 0 rings (SSSR count). The van der Waals surface area contributed by atoms with E-state index < -0.39 is 6.10 Å². The standard InChI is InChI=1S/C67H122O6/c1-4-7-10-13-16-19-22-25-28-31-32-33-34-37-39-42-45-48-51-54-57-60-66(69)72-63-64(73-67(70)61-58-55-52-49-46-43-40-36-30-27-24-21-18-15-12-9-6-3)62-71-65(68)59-56-53-50-47-44-41-38-35-29-26-23-20-17-14-11-8-5-2/h9,12,18,21,27,30-32,64H,4-8,10-11,13-17,19-20,22-26,28-29,33-63H2,1-3H3/b12-9-,21-18-,30-27-,32-31-. The first-order valence-corrected chi connectivity index (χ1v) is 32.1. The Bertz CT molecular complexity index is 1270. The van der Waals surface area contributed by atoms with E-state index in [4.69, 9.17) is 14.2 Å². The molecular formula is C67H122O6. The van der Waals surface area contributed by atoms with E-state index >= 15 is 0 Å². The minimum absolute atomic E-state index is 0.0740. The molecule has 0 bridgehead atoms. The quantitative estimate of drug-likeness (QED) is 0.0261. The molecule has 1 unspecified atom stereocenters. The Morgan fingerprint density at radius 3 is 0.849 bits per heavy atom. The summed E-state index contributed by atoms with van der Waals surface area (Å²) < 4.78 is 16.9. The van der Waals surface area contributed by atoms with E-state index in [0.717, 1.165) is 83.5 Å². The molecule has 0 saturated heterocycles. The molecule has 0 radical (unpaired) electrons. The number of ether oxygens (including phenoxy) is 3. The molecule has 73 heavy (non-hydrogen) atoms. The average molecular weight is 1020 g/mol. The van der Waals surface area contributed by atoms with Gasteiger partial charge in [0, 0.05) is 19.3 Å². The van der Waals surface area contributed by atoms with Crippen LogP contribution in [-0.2, 0) is 28.6 Å². The topological polar surface area (TPSA) is 78.9 Å². The van der Waals surface area contributed by atoms with Crippen LogP contribution in [0.5, 0.6) is 0 Å². The molecular weight excluding hydrogens is 901 g/mol.